The molecule has 178 valence electrons. The minimum absolute atomic E-state index is 0.00520. The molecule has 5 nitrogen and oxygen atoms in total. The lowest BCUT2D eigenvalue weighted by Crippen LogP contribution is -2.35. The van der Waals surface area contributed by atoms with Gasteiger partial charge in [0.05, 0.1) is 18.5 Å². The summed E-state index contributed by atoms with van der Waals surface area (Å²) in [4.78, 5) is 35.0. The maximum absolute atomic E-state index is 14.4. The van der Waals surface area contributed by atoms with E-state index in [1.165, 1.54) is 35.8 Å². The van der Waals surface area contributed by atoms with Crippen molar-refractivity contribution in [2.75, 3.05) is 6.54 Å². The molecule has 1 amide bonds. The lowest BCUT2D eigenvalue weighted by Gasteiger charge is -2.17. The van der Waals surface area contributed by atoms with Crippen LogP contribution in [0.2, 0.25) is 0 Å². The highest BCUT2D eigenvalue weighted by atomic mass is 19.1. The number of Topliss-reactive ketones (excluding diaryl/α,β-unsaturated/α-hetero) is 1. The summed E-state index contributed by atoms with van der Waals surface area (Å²) < 4.78 is 14.4. The number of pyridine rings is 1. The van der Waals surface area contributed by atoms with Crippen LogP contribution in [0.1, 0.15) is 60.5 Å². The quantitative estimate of drug-likeness (QED) is 0.343. The van der Waals surface area contributed by atoms with Gasteiger partial charge in [0.15, 0.2) is 5.78 Å². The van der Waals surface area contributed by atoms with E-state index in [2.05, 4.69) is 28.0 Å². The van der Waals surface area contributed by atoms with Gasteiger partial charge in [-0.15, -0.1) is 0 Å². The number of fused-ring (bicyclic) bond motifs is 2. The molecule has 1 unspecified atom stereocenters. The molecule has 6 heteroatoms. The van der Waals surface area contributed by atoms with E-state index in [1.807, 2.05) is 18.2 Å². The van der Waals surface area contributed by atoms with Crippen LogP contribution in [-0.2, 0) is 17.6 Å². The molecule has 0 N–H and O–H groups in total. The van der Waals surface area contributed by atoms with Gasteiger partial charge in [-0.05, 0) is 73.1 Å². The second-order valence-corrected chi connectivity index (χ2v) is 9.95. The molecule has 1 aliphatic heterocycles. The number of likely N-dealkylation sites (tertiary alicyclic amines) is 1. The van der Waals surface area contributed by atoms with Crippen molar-refractivity contribution in [1.82, 2.24) is 9.88 Å². The Labute approximate surface area is 204 Å². The fourth-order valence-corrected chi connectivity index (χ4v) is 5.37. The normalized spacial score (nSPS) is 21.5. The highest BCUT2D eigenvalue weighted by Gasteiger charge is 2.47. The van der Waals surface area contributed by atoms with Crippen LogP contribution >= 0.6 is 0 Å². The van der Waals surface area contributed by atoms with Crippen molar-refractivity contribution < 1.29 is 14.0 Å². The van der Waals surface area contributed by atoms with E-state index < -0.39 is 11.8 Å². The molecule has 0 saturated carbocycles. The van der Waals surface area contributed by atoms with Crippen LogP contribution in [-0.4, -0.2) is 40.0 Å². The smallest absolute Gasteiger partial charge is 0.294 e. The fourth-order valence-electron chi connectivity index (χ4n) is 5.37. The van der Waals surface area contributed by atoms with Crippen molar-refractivity contribution in [3.8, 4) is 11.1 Å². The molecule has 3 aromatic rings. The SMILES string of the molecule is [C-]#[N+][C@@H]1CC(C)(F)CN1C(=O)CCC(=O)c1ccnc2ccc(-c3ccc4c(c3)CCCC4)cc12. The zero-order chi connectivity index (χ0) is 24.6. The Morgan fingerprint density at radius 3 is 2.63 bits per heavy atom. The first-order chi connectivity index (χ1) is 16.8. The number of nitrogens with zero attached hydrogens (tertiary/aromatic N) is 3. The number of alkyl halides is 1. The summed E-state index contributed by atoms with van der Waals surface area (Å²) in [5.41, 5.74) is 4.67. The third-order valence-corrected chi connectivity index (χ3v) is 7.23. The Kier molecular flexibility index (Phi) is 6.10. The molecule has 35 heavy (non-hydrogen) atoms. The van der Waals surface area contributed by atoms with Crippen LogP contribution in [0.15, 0.2) is 48.7 Å². The van der Waals surface area contributed by atoms with E-state index >= 15 is 0 Å². The topological polar surface area (TPSA) is 54.6 Å². The molecule has 2 atom stereocenters. The van der Waals surface area contributed by atoms with E-state index in [1.54, 1.807) is 12.3 Å². The van der Waals surface area contributed by atoms with Crippen LogP contribution in [0.4, 0.5) is 4.39 Å². The Bertz CT molecular complexity index is 1360. The number of carbonyl (C=O) groups is 2. The lowest BCUT2D eigenvalue weighted by molar-refractivity contribution is -0.131. The van der Waals surface area contributed by atoms with E-state index in [-0.39, 0.29) is 37.5 Å². The average Bonchev–Trinajstić information content (AvgIpc) is 3.20. The number of rotatable bonds is 5. The minimum Gasteiger partial charge on any atom is -0.294 e. The number of aryl methyl sites for hydroxylation is 2. The van der Waals surface area contributed by atoms with Gasteiger partial charge in [-0.1, -0.05) is 24.3 Å². The summed E-state index contributed by atoms with van der Waals surface area (Å²) >= 11 is 0. The molecule has 0 spiro atoms. The fraction of sp³-hybridized carbons (Fsp3) is 0.379. The Hall–Kier alpha value is -3.59. The number of hydrogen-bond acceptors (Lipinski definition) is 3. The summed E-state index contributed by atoms with van der Waals surface area (Å²) in [7, 11) is 0. The number of carbonyl (C=O) groups excluding carboxylic acids is 2. The molecule has 0 bridgehead atoms. The number of aromatic nitrogens is 1. The third-order valence-electron chi connectivity index (χ3n) is 7.23. The predicted octanol–water partition coefficient (Wildman–Crippen LogP) is 5.95. The maximum Gasteiger partial charge on any atom is 0.303 e. The average molecular weight is 470 g/mol. The highest BCUT2D eigenvalue weighted by Crippen LogP contribution is 2.33. The summed E-state index contributed by atoms with van der Waals surface area (Å²) in [6.45, 7) is 8.58. The molecular formula is C29H28FN3O2. The molecule has 2 aliphatic rings. The van der Waals surface area contributed by atoms with Crippen LogP contribution in [0.5, 0.6) is 0 Å². The number of halogens is 1. The molecule has 2 heterocycles. The van der Waals surface area contributed by atoms with Crippen molar-refractivity contribution in [3.63, 3.8) is 0 Å². The first kappa shape index (κ1) is 23.2. The second kappa shape index (κ2) is 9.22. The molecule has 1 saturated heterocycles. The number of amides is 1. The Morgan fingerprint density at radius 2 is 1.83 bits per heavy atom. The van der Waals surface area contributed by atoms with Crippen molar-refractivity contribution >= 4 is 22.6 Å². The van der Waals surface area contributed by atoms with Crippen molar-refractivity contribution in [2.24, 2.45) is 0 Å². The van der Waals surface area contributed by atoms with Gasteiger partial charge in [-0.2, -0.15) is 0 Å². The van der Waals surface area contributed by atoms with Gasteiger partial charge >= 0.3 is 6.17 Å². The standard InChI is InChI=1S/C29H28FN3O2/c1-29(30)17-27(31-2)33(18-29)28(35)12-11-26(34)23-13-14-32-25-10-9-22(16-24(23)25)21-8-7-19-5-3-4-6-20(19)15-21/h7-10,13-16,27H,3-6,11-12,17-18H2,1H3/t27-,29?/m0/s1. The zero-order valence-corrected chi connectivity index (χ0v) is 19.9. The Morgan fingerprint density at radius 1 is 1.09 bits per heavy atom. The van der Waals surface area contributed by atoms with Gasteiger partial charge in [-0.25, -0.2) is 11.0 Å². The predicted molar refractivity (Wildman–Crippen MR) is 134 cm³/mol. The van der Waals surface area contributed by atoms with Gasteiger partial charge in [0.2, 0.25) is 5.91 Å². The van der Waals surface area contributed by atoms with Crippen LogP contribution in [0.25, 0.3) is 26.9 Å². The van der Waals surface area contributed by atoms with Crippen molar-refractivity contribution in [1.29, 1.82) is 0 Å². The van der Waals surface area contributed by atoms with Gasteiger partial charge in [0.25, 0.3) is 0 Å². The van der Waals surface area contributed by atoms with Crippen molar-refractivity contribution in [3.05, 3.63) is 76.8 Å². The van der Waals surface area contributed by atoms with E-state index in [0.717, 1.165) is 34.9 Å². The molecule has 2 aromatic carbocycles. The number of benzene rings is 2. The first-order valence-electron chi connectivity index (χ1n) is 12.2. The van der Waals surface area contributed by atoms with Gasteiger partial charge < -0.3 is 0 Å². The lowest BCUT2D eigenvalue weighted by atomic mass is 9.88. The van der Waals surface area contributed by atoms with Crippen LogP contribution in [0.3, 0.4) is 0 Å². The molecule has 1 fully saturated rings. The molecule has 0 radical (unpaired) electrons. The largest absolute Gasteiger partial charge is 0.303 e. The highest BCUT2D eigenvalue weighted by molar-refractivity contribution is 6.08. The van der Waals surface area contributed by atoms with E-state index in [0.29, 0.717) is 5.56 Å². The first-order valence-corrected chi connectivity index (χ1v) is 12.2. The van der Waals surface area contributed by atoms with E-state index in [9.17, 15) is 14.0 Å². The number of ketones is 1. The monoisotopic (exact) mass is 469 g/mol. The van der Waals surface area contributed by atoms with Gasteiger partial charge in [-0.3, -0.25) is 24.3 Å². The molecular weight excluding hydrogens is 441 g/mol. The molecule has 1 aliphatic carbocycles. The Balaban J connectivity index is 1.37. The second-order valence-electron chi connectivity index (χ2n) is 9.95. The minimum atomic E-state index is -1.57. The molecule has 5 rings (SSSR count). The summed E-state index contributed by atoms with van der Waals surface area (Å²) in [5, 5.41) is 0.761. The van der Waals surface area contributed by atoms with Crippen LogP contribution < -0.4 is 0 Å². The van der Waals surface area contributed by atoms with Crippen molar-refractivity contribution in [2.45, 2.75) is 63.7 Å². The maximum atomic E-state index is 14.4. The summed E-state index contributed by atoms with van der Waals surface area (Å²) in [6, 6.07) is 14.3. The third kappa shape index (κ3) is 4.68. The summed E-state index contributed by atoms with van der Waals surface area (Å²) in [6.07, 6.45) is 5.47. The van der Waals surface area contributed by atoms with Crippen LogP contribution in [0, 0.1) is 6.57 Å². The van der Waals surface area contributed by atoms with Gasteiger partial charge in [0.1, 0.15) is 5.67 Å². The number of hydrogen-bond donors (Lipinski definition) is 0. The zero-order valence-electron chi connectivity index (χ0n) is 19.9. The van der Waals surface area contributed by atoms with Gasteiger partial charge in [0, 0.05) is 30.0 Å². The van der Waals surface area contributed by atoms with E-state index in [4.69, 9.17) is 6.57 Å². The summed E-state index contributed by atoms with van der Waals surface area (Å²) in [5.74, 6) is -0.510. The molecule has 1 aromatic heterocycles.